The van der Waals surface area contributed by atoms with Gasteiger partial charge in [0.2, 0.25) is 10.0 Å². The Bertz CT molecular complexity index is 797. The van der Waals surface area contributed by atoms with Crippen LogP contribution in [0.1, 0.15) is 18.7 Å². The fourth-order valence-corrected chi connectivity index (χ4v) is 4.26. The number of nitrogens with one attached hydrogen (secondary N) is 1. The minimum Gasteiger partial charge on any atom is -0.486 e. The van der Waals surface area contributed by atoms with Crippen LogP contribution in [0.5, 0.6) is 5.75 Å². The molecule has 136 valence electrons. The summed E-state index contributed by atoms with van der Waals surface area (Å²) in [5.74, 6) is 1.29. The smallest absolute Gasteiger partial charge is 0.243 e. The van der Waals surface area contributed by atoms with Gasteiger partial charge in [0.15, 0.2) is 5.82 Å². The SMILES string of the molecule is CN(C1CCNCC1)S(=O)(=O)c1ccc(OCc2ncnn2C)cc1. The Morgan fingerprint density at radius 3 is 2.56 bits per heavy atom. The van der Waals surface area contributed by atoms with Gasteiger partial charge in [-0.1, -0.05) is 0 Å². The molecule has 2 aromatic rings. The van der Waals surface area contributed by atoms with E-state index in [9.17, 15) is 8.42 Å². The molecule has 1 aliphatic rings. The second-order valence-electron chi connectivity index (χ2n) is 6.06. The molecule has 0 unspecified atom stereocenters. The van der Waals surface area contributed by atoms with Gasteiger partial charge >= 0.3 is 0 Å². The van der Waals surface area contributed by atoms with Crippen molar-refractivity contribution in [2.45, 2.75) is 30.4 Å². The lowest BCUT2D eigenvalue weighted by molar-refractivity contribution is 0.289. The molecule has 2 heterocycles. The third-order valence-corrected chi connectivity index (χ3v) is 6.42. The molecule has 0 aliphatic carbocycles. The molecule has 8 nitrogen and oxygen atoms in total. The van der Waals surface area contributed by atoms with Crippen molar-refractivity contribution >= 4 is 10.0 Å². The minimum atomic E-state index is -3.50. The van der Waals surface area contributed by atoms with Gasteiger partial charge in [0.25, 0.3) is 0 Å². The molecule has 1 N–H and O–H groups in total. The van der Waals surface area contributed by atoms with Crippen LogP contribution < -0.4 is 10.1 Å². The van der Waals surface area contributed by atoms with Crippen molar-refractivity contribution in [1.82, 2.24) is 24.4 Å². The summed E-state index contributed by atoms with van der Waals surface area (Å²) >= 11 is 0. The van der Waals surface area contributed by atoms with Gasteiger partial charge in [-0.3, -0.25) is 4.68 Å². The fourth-order valence-electron chi connectivity index (χ4n) is 2.84. The number of rotatable bonds is 6. The molecule has 0 amide bonds. The van der Waals surface area contributed by atoms with Crippen LogP contribution in [-0.2, 0) is 23.7 Å². The fraction of sp³-hybridized carbons (Fsp3) is 0.500. The monoisotopic (exact) mass is 365 g/mol. The van der Waals surface area contributed by atoms with Crippen LogP contribution in [0.3, 0.4) is 0 Å². The summed E-state index contributed by atoms with van der Waals surface area (Å²) in [6.07, 6.45) is 3.12. The van der Waals surface area contributed by atoms with Gasteiger partial charge < -0.3 is 10.1 Å². The molecule has 0 radical (unpaired) electrons. The number of nitrogens with zero attached hydrogens (tertiary/aromatic N) is 4. The lowest BCUT2D eigenvalue weighted by Gasteiger charge is -2.30. The predicted molar refractivity (Wildman–Crippen MR) is 92.6 cm³/mol. The number of aromatic nitrogens is 3. The molecule has 25 heavy (non-hydrogen) atoms. The Balaban J connectivity index is 1.67. The second-order valence-corrected chi connectivity index (χ2v) is 8.06. The largest absolute Gasteiger partial charge is 0.486 e. The van der Waals surface area contributed by atoms with Gasteiger partial charge in [-0.2, -0.15) is 9.40 Å². The van der Waals surface area contributed by atoms with Crippen LogP contribution in [0.15, 0.2) is 35.5 Å². The van der Waals surface area contributed by atoms with Gasteiger partial charge in [0, 0.05) is 20.1 Å². The van der Waals surface area contributed by atoms with Crippen molar-refractivity contribution in [3.63, 3.8) is 0 Å². The quantitative estimate of drug-likeness (QED) is 0.813. The Morgan fingerprint density at radius 1 is 1.28 bits per heavy atom. The Morgan fingerprint density at radius 2 is 1.96 bits per heavy atom. The van der Waals surface area contributed by atoms with E-state index in [0.717, 1.165) is 25.9 Å². The zero-order valence-corrected chi connectivity index (χ0v) is 15.2. The van der Waals surface area contributed by atoms with Gasteiger partial charge in [-0.25, -0.2) is 13.4 Å². The van der Waals surface area contributed by atoms with Crippen LogP contribution in [0.4, 0.5) is 0 Å². The standard InChI is InChI=1S/C16H23N5O3S/c1-20-16(18-12-19-20)11-24-14-3-5-15(6-4-14)25(22,23)21(2)13-7-9-17-10-8-13/h3-6,12-13,17H,7-11H2,1-2H3. The molecule has 1 fully saturated rings. The van der Waals surface area contributed by atoms with Gasteiger partial charge in [-0.15, -0.1) is 0 Å². The first-order chi connectivity index (χ1) is 12.0. The molecular weight excluding hydrogens is 342 g/mol. The number of ether oxygens (including phenoxy) is 1. The summed E-state index contributed by atoms with van der Waals surface area (Å²) in [6, 6.07) is 6.54. The maximum absolute atomic E-state index is 12.8. The van der Waals surface area contributed by atoms with Crippen LogP contribution in [0.25, 0.3) is 0 Å². The van der Waals surface area contributed by atoms with E-state index in [1.807, 2.05) is 0 Å². The molecule has 1 aromatic heterocycles. The van der Waals surface area contributed by atoms with Crippen LogP contribution in [0, 0.1) is 0 Å². The average molecular weight is 365 g/mol. The van der Waals surface area contributed by atoms with Crippen LogP contribution >= 0.6 is 0 Å². The van der Waals surface area contributed by atoms with Crippen molar-refractivity contribution in [3.05, 3.63) is 36.4 Å². The lowest BCUT2D eigenvalue weighted by atomic mass is 10.1. The van der Waals surface area contributed by atoms with Crippen molar-refractivity contribution in [1.29, 1.82) is 0 Å². The summed E-state index contributed by atoms with van der Waals surface area (Å²) in [5.41, 5.74) is 0. The first-order valence-electron chi connectivity index (χ1n) is 8.23. The zero-order valence-electron chi connectivity index (χ0n) is 14.4. The maximum atomic E-state index is 12.8. The molecule has 0 spiro atoms. The van der Waals surface area contributed by atoms with E-state index >= 15 is 0 Å². The Hall–Kier alpha value is -1.97. The summed E-state index contributed by atoms with van der Waals surface area (Å²) in [7, 11) is -0.0505. The molecule has 3 rings (SSSR count). The third-order valence-electron chi connectivity index (χ3n) is 4.50. The van der Waals surface area contributed by atoms with E-state index in [2.05, 4.69) is 15.4 Å². The van der Waals surface area contributed by atoms with E-state index in [0.29, 0.717) is 11.6 Å². The summed E-state index contributed by atoms with van der Waals surface area (Å²) < 4.78 is 34.3. The van der Waals surface area contributed by atoms with E-state index in [1.54, 1.807) is 43.0 Å². The highest BCUT2D eigenvalue weighted by atomic mass is 32.2. The van der Waals surface area contributed by atoms with Gasteiger partial charge in [0.1, 0.15) is 18.7 Å². The van der Waals surface area contributed by atoms with Crippen molar-refractivity contribution in [2.24, 2.45) is 7.05 Å². The number of aryl methyl sites for hydroxylation is 1. The molecule has 0 atom stereocenters. The Labute approximate surface area is 147 Å². The highest BCUT2D eigenvalue weighted by Crippen LogP contribution is 2.23. The van der Waals surface area contributed by atoms with E-state index < -0.39 is 10.0 Å². The van der Waals surface area contributed by atoms with E-state index in [-0.39, 0.29) is 17.5 Å². The van der Waals surface area contributed by atoms with Gasteiger partial charge in [0.05, 0.1) is 4.90 Å². The van der Waals surface area contributed by atoms with Crippen LogP contribution in [-0.4, -0.2) is 53.7 Å². The first kappa shape index (κ1) is 17.8. The lowest BCUT2D eigenvalue weighted by Crippen LogP contribution is -2.43. The van der Waals surface area contributed by atoms with Crippen molar-refractivity contribution in [2.75, 3.05) is 20.1 Å². The average Bonchev–Trinajstić information content (AvgIpc) is 3.05. The predicted octanol–water partition coefficient (Wildman–Crippen LogP) is 0.767. The van der Waals surface area contributed by atoms with Crippen molar-refractivity contribution < 1.29 is 13.2 Å². The number of hydrogen-bond donors (Lipinski definition) is 1. The highest BCUT2D eigenvalue weighted by molar-refractivity contribution is 7.89. The minimum absolute atomic E-state index is 0.0399. The number of benzene rings is 1. The zero-order chi connectivity index (χ0) is 17.9. The molecule has 0 saturated carbocycles. The Kier molecular flexibility index (Phi) is 5.36. The molecule has 1 aliphatic heterocycles. The second kappa shape index (κ2) is 7.51. The maximum Gasteiger partial charge on any atom is 0.243 e. The number of hydrogen-bond acceptors (Lipinski definition) is 6. The third kappa shape index (κ3) is 4.00. The van der Waals surface area contributed by atoms with Crippen LogP contribution in [0.2, 0.25) is 0 Å². The topological polar surface area (TPSA) is 89.3 Å². The van der Waals surface area contributed by atoms with Crippen molar-refractivity contribution in [3.8, 4) is 5.75 Å². The summed E-state index contributed by atoms with van der Waals surface area (Å²) in [5, 5.41) is 7.22. The molecular formula is C16H23N5O3S. The molecule has 1 saturated heterocycles. The number of sulfonamides is 1. The van der Waals surface area contributed by atoms with E-state index in [4.69, 9.17) is 4.74 Å². The molecule has 1 aromatic carbocycles. The number of piperidine rings is 1. The first-order valence-corrected chi connectivity index (χ1v) is 9.67. The van der Waals surface area contributed by atoms with E-state index in [1.165, 1.54) is 10.6 Å². The van der Waals surface area contributed by atoms with Gasteiger partial charge in [-0.05, 0) is 50.2 Å². The molecule has 9 heteroatoms. The summed E-state index contributed by atoms with van der Waals surface area (Å²) in [6.45, 7) is 1.97. The molecule has 0 bridgehead atoms. The summed E-state index contributed by atoms with van der Waals surface area (Å²) in [4.78, 5) is 4.36. The highest BCUT2D eigenvalue weighted by Gasteiger charge is 2.28. The normalized spacial score (nSPS) is 16.3.